The van der Waals surface area contributed by atoms with Crippen LogP contribution in [0.25, 0.3) is 11.8 Å². The minimum absolute atomic E-state index is 0.0153. The van der Waals surface area contributed by atoms with Crippen LogP contribution in [0.1, 0.15) is 42.1 Å². The smallest absolute Gasteiger partial charge is 0.233 e. The average Bonchev–Trinajstić information content (AvgIpc) is 3.41. The molecule has 0 saturated heterocycles. The first-order valence-electron chi connectivity index (χ1n) is 12.5. The molecule has 39 heavy (non-hydrogen) atoms. The molecule has 2 atom stereocenters. The van der Waals surface area contributed by atoms with Crippen LogP contribution in [0.2, 0.25) is 0 Å². The molecule has 204 valence electrons. The Kier molecular flexibility index (Phi) is 6.89. The third kappa shape index (κ3) is 5.23. The van der Waals surface area contributed by atoms with E-state index in [0.717, 1.165) is 45.4 Å². The van der Waals surface area contributed by atoms with Crippen molar-refractivity contribution in [3.8, 4) is 11.8 Å². The Balaban J connectivity index is 1.38. The molecular formula is C28H26F4N4O2S. The van der Waals surface area contributed by atoms with Crippen molar-refractivity contribution in [2.75, 3.05) is 13.1 Å². The molecule has 0 amide bonds. The van der Waals surface area contributed by atoms with Crippen LogP contribution >= 0.6 is 0 Å². The van der Waals surface area contributed by atoms with Gasteiger partial charge in [0.25, 0.3) is 0 Å². The van der Waals surface area contributed by atoms with Crippen LogP contribution in [0.5, 0.6) is 0 Å². The van der Waals surface area contributed by atoms with Gasteiger partial charge in [0.05, 0.1) is 35.0 Å². The summed E-state index contributed by atoms with van der Waals surface area (Å²) in [4.78, 5) is 0. The predicted molar refractivity (Wildman–Crippen MR) is 137 cm³/mol. The first-order valence-corrected chi connectivity index (χ1v) is 14.1. The molecule has 2 aromatic carbocycles. The summed E-state index contributed by atoms with van der Waals surface area (Å²) >= 11 is 0. The third-order valence-corrected chi connectivity index (χ3v) is 9.65. The second-order valence-electron chi connectivity index (χ2n) is 10.3. The molecule has 1 aromatic heterocycles. The lowest BCUT2D eigenvalue weighted by atomic mass is 9.70. The van der Waals surface area contributed by atoms with E-state index in [1.54, 1.807) is 23.0 Å². The maximum atomic E-state index is 13.4. The Morgan fingerprint density at radius 2 is 1.95 bits per heavy atom. The van der Waals surface area contributed by atoms with Gasteiger partial charge in [-0.05, 0) is 78.1 Å². The normalized spacial score (nSPS) is 20.8. The van der Waals surface area contributed by atoms with E-state index in [4.69, 9.17) is 0 Å². The summed E-state index contributed by atoms with van der Waals surface area (Å²) in [7, 11) is -4.07. The molecule has 0 unspecified atom stereocenters. The van der Waals surface area contributed by atoms with E-state index in [2.05, 4.69) is 18.1 Å². The zero-order chi connectivity index (χ0) is 28.0. The molecule has 1 fully saturated rings. The molecule has 6 nitrogen and oxygen atoms in total. The van der Waals surface area contributed by atoms with E-state index in [1.807, 2.05) is 6.07 Å². The Labute approximate surface area is 224 Å². The van der Waals surface area contributed by atoms with E-state index >= 15 is 0 Å². The van der Waals surface area contributed by atoms with Crippen molar-refractivity contribution >= 4 is 16.1 Å². The molecule has 11 heteroatoms. The maximum absolute atomic E-state index is 13.4. The molecule has 5 rings (SSSR count). The first-order chi connectivity index (χ1) is 18.4. The van der Waals surface area contributed by atoms with Gasteiger partial charge in [-0.3, -0.25) is 0 Å². The van der Waals surface area contributed by atoms with Crippen molar-refractivity contribution < 1.29 is 26.0 Å². The number of aromatic nitrogens is 2. The Bertz CT molecular complexity index is 1570. The summed E-state index contributed by atoms with van der Waals surface area (Å²) in [5, 5.41) is 13.9. The monoisotopic (exact) mass is 558 g/mol. The van der Waals surface area contributed by atoms with Gasteiger partial charge in [-0.1, -0.05) is 30.7 Å². The van der Waals surface area contributed by atoms with Gasteiger partial charge in [-0.2, -0.15) is 27.8 Å². The number of halogens is 4. The van der Waals surface area contributed by atoms with Gasteiger partial charge in [0.1, 0.15) is 12.4 Å². The molecule has 0 spiro atoms. The van der Waals surface area contributed by atoms with Crippen LogP contribution in [-0.4, -0.2) is 35.6 Å². The fraction of sp³-hybridized carbons (Fsp3) is 0.357. The van der Waals surface area contributed by atoms with Gasteiger partial charge in [0.2, 0.25) is 10.0 Å². The average molecular weight is 559 g/mol. The highest BCUT2D eigenvalue weighted by Gasteiger charge is 2.47. The predicted octanol–water partition coefficient (Wildman–Crippen LogP) is 5.74. The minimum Gasteiger partial charge on any atom is -0.233 e. The lowest BCUT2D eigenvalue weighted by Crippen LogP contribution is -2.41. The number of hydrogen-bond donors (Lipinski definition) is 0. The summed E-state index contributed by atoms with van der Waals surface area (Å²) in [5.74, 6) is -1.07. The minimum atomic E-state index is -4.59. The van der Waals surface area contributed by atoms with Crippen molar-refractivity contribution in [2.24, 2.45) is 11.3 Å². The largest absolute Gasteiger partial charge is 0.416 e. The number of sulfonamides is 1. The van der Waals surface area contributed by atoms with Crippen molar-refractivity contribution in [1.82, 2.24) is 14.1 Å². The fourth-order valence-electron chi connectivity index (χ4n) is 5.75. The third-order valence-electron chi connectivity index (χ3n) is 7.89. The number of benzene rings is 2. The van der Waals surface area contributed by atoms with Crippen LogP contribution in [0.4, 0.5) is 17.6 Å². The summed E-state index contributed by atoms with van der Waals surface area (Å²) in [5.41, 5.74) is 2.49. The molecule has 3 aromatic rings. The number of nitriles is 1. The van der Waals surface area contributed by atoms with E-state index < -0.39 is 27.5 Å². The number of rotatable bonds is 7. The number of hydrogen-bond acceptors (Lipinski definition) is 4. The van der Waals surface area contributed by atoms with E-state index in [0.29, 0.717) is 12.8 Å². The van der Waals surface area contributed by atoms with Crippen LogP contribution in [-0.2, 0) is 28.4 Å². The maximum Gasteiger partial charge on any atom is 0.416 e. The number of allylic oxidation sites excluding steroid dienone is 1. The summed E-state index contributed by atoms with van der Waals surface area (Å²) in [6, 6.07) is 12.2. The lowest BCUT2D eigenvalue weighted by Gasteiger charge is -2.37. The Morgan fingerprint density at radius 3 is 2.64 bits per heavy atom. The number of alkyl halides is 3. The molecule has 0 bridgehead atoms. The summed E-state index contributed by atoms with van der Waals surface area (Å²) in [6.45, 7) is 1.78. The van der Waals surface area contributed by atoms with Crippen molar-refractivity contribution in [3.05, 3.63) is 88.5 Å². The van der Waals surface area contributed by atoms with Crippen LogP contribution in [0, 0.1) is 28.5 Å². The van der Waals surface area contributed by atoms with E-state index in [1.165, 1.54) is 24.3 Å². The molecule has 1 saturated carbocycles. The van der Waals surface area contributed by atoms with Crippen LogP contribution in [0.3, 0.4) is 0 Å². The molecule has 0 aliphatic heterocycles. The van der Waals surface area contributed by atoms with Crippen LogP contribution < -0.4 is 0 Å². The zero-order valence-electron chi connectivity index (χ0n) is 21.1. The standard InChI is InChI=1S/C28H26F4N4O2S/c1-27-15-20-16-34-36(25-9-7-24(29)8-10-25)26(20)14-21(27)5-6-23(27)17-35(12-11-33)39(37,38)18-19-3-2-4-22(13-19)28(30,31)32/h2-4,7-10,13-14,16,23H,5-6,12,15,17-18H2,1H3/t23-,27+/m1/s1. The summed E-state index contributed by atoms with van der Waals surface area (Å²) in [6.07, 6.45) is 1.32. The van der Waals surface area contributed by atoms with Gasteiger partial charge in [0.15, 0.2) is 0 Å². The molecule has 0 radical (unpaired) electrons. The molecular weight excluding hydrogens is 532 g/mol. The van der Waals surface area contributed by atoms with Crippen molar-refractivity contribution in [1.29, 1.82) is 5.26 Å². The van der Waals surface area contributed by atoms with Crippen LogP contribution in [0.15, 0.2) is 60.3 Å². The Hall–Kier alpha value is -3.49. The highest BCUT2D eigenvalue weighted by Crippen LogP contribution is 2.53. The van der Waals surface area contributed by atoms with Gasteiger partial charge in [-0.15, -0.1) is 0 Å². The van der Waals surface area contributed by atoms with Gasteiger partial charge in [0, 0.05) is 6.54 Å². The fourth-order valence-corrected chi connectivity index (χ4v) is 7.20. The molecule has 0 N–H and O–H groups in total. The quantitative estimate of drug-likeness (QED) is 0.274. The van der Waals surface area contributed by atoms with E-state index in [9.17, 15) is 31.2 Å². The molecule has 2 aliphatic carbocycles. The SMILES string of the molecule is C[C@]12Cc3cnn(-c4ccc(F)cc4)c3C=C1CC[C@@H]2CN(CC#N)S(=O)(=O)Cc1cccc(C(F)(F)F)c1. The van der Waals surface area contributed by atoms with Gasteiger partial charge < -0.3 is 0 Å². The highest BCUT2D eigenvalue weighted by atomic mass is 32.2. The number of nitrogens with zero attached hydrogens (tertiary/aromatic N) is 4. The molecule has 1 heterocycles. The van der Waals surface area contributed by atoms with E-state index in [-0.39, 0.29) is 35.8 Å². The second-order valence-corrected chi connectivity index (χ2v) is 12.3. The molecule has 2 aliphatic rings. The Morgan fingerprint density at radius 1 is 1.21 bits per heavy atom. The first kappa shape index (κ1) is 27.1. The second kappa shape index (κ2) is 9.92. The van der Waals surface area contributed by atoms with Gasteiger partial charge in [-0.25, -0.2) is 17.5 Å². The van der Waals surface area contributed by atoms with Gasteiger partial charge >= 0.3 is 6.18 Å². The summed E-state index contributed by atoms with van der Waals surface area (Å²) < 4.78 is 82.3. The van der Waals surface area contributed by atoms with Crippen molar-refractivity contribution in [3.63, 3.8) is 0 Å². The topological polar surface area (TPSA) is 79.0 Å². The lowest BCUT2D eigenvalue weighted by molar-refractivity contribution is -0.137. The number of fused-ring (bicyclic) bond motifs is 2. The highest BCUT2D eigenvalue weighted by molar-refractivity contribution is 7.88. The van der Waals surface area contributed by atoms with Crippen molar-refractivity contribution in [2.45, 2.75) is 38.1 Å². The zero-order valence-corrected chi connectivity index (χ0v) is 21.9.